The van der Waals surface area contributed by atoms with Crippen LogP contribution >= 0.6 is 11.6 Å². The third-order valence-corrected chi connectivity index (χ3v) is 2.63. The molecule has 78 valence electrons. The Bertz CT molecular complexity index is 430. The average Bonchev–Trinajstić information content (AvgIpc) is 2.06. The van der Waals surface area contributed by atoms with Gasteiger partial charge in [0.25, 0.3) is 10.1 Å². The molecule has 0 atom stereocenters. The summed E-state index contributed by atoms with van der Waals surface area (Å²) in [7, 11) is -4.01. The number of halogens is 1. The lowest BCUT2D eigenvalue weighted by molar-refractivity contribution is 0.485. The maximum atomic E-state index is 10.5. The lowest BCUT2D eigenvalue weighted by Gasteiger charge is -2.08. The van der Waals surface area contributed by atoms with Gasteiger partial charge in [-0.3, -0.25) is 4.55 Å². The van der Waals surface area contributed by atoms with Gasteiger partial charge in [0.2, 0.25) is 0 Å². The van der Waals surface area contributed by atoms with E-state index in [0.29, 0.717) is 10.7 Å². The van der Waals surface area contributed by atoms with Gasteiger partial charge in [0.05, 0.1) is 0 Å². The Hall–Kier alpha value is -0.780. The molecule has 1 aromatic carbocycles. The van der Waals surface area contributed by atoms with E-state index in [4.69, 9.17) is 16.2 Å². The van der Waals surface area contributed by atoms with Crippen LogP contribution in [0.3, 0.4) is 0 Å². The average molecular weight is 236 g/mol. The summed E-state index contributed by atoms with van der Waals surface area (Å²) in [4.78, 5) is 0. The van der Waals surface area contributed by atoms with Crippen LogP contribution in [-0.2, 0) is 10.1 Å². The lowest BCUT2D eigenvalue weighted by Crippen LogP contribution is -2.13. The second kappa shape index (κ2) is 4.16. The number of anilines is 1. The normalized spacial score (nSPS) is 11.4. The van der Waals surface area contributed by atoms with E-state index in [1.54, 1.807) is 25.1 Å². The molecule has 0 saturated heterocycles. The zero-order chi connectivity index (χ0) is 10.8. The topological polar surface area (TPSA) is 66.4 Å². The molecule has 4 nitrogen and oxygen atoms in total. The molecule has 0 saturated carbocycles. The Kier molecular flexibility index (Phi) is 3.36. The summed E-state index contributed by atoms with van der Waals surface area (Å²) in [5, 5.41) is 3.12. The summed E-state index contributed by atoms with van der Waals surface area (Å²) in [6.07, 6.45) is 0. The monoisotopic (exact) mass is 235 g/mol. The van der Waals surface area contributed by atoms with E-state index >= 15 is 0 Å². The molecule has 0 radical (unpaired) electrons. The van der Waals surface area contributed by atoms with Crippen molar-refractivity contribution in [1.82, 2.24) is 0 Å². The van der Waals surface area contributed by atoms with Gasteiger partial charge >= 0.3 is 0 Å². The third-order valence-electron chi connectivity index (χ3n) is 1.71. The van der Waals surface area contributed by atoms with Crippen molar-refractivity contribution in [2.45, 2.75) is 6.92 Å². The Morgan fingerprint density at radius 3 is 2.71 bits per heavy atom. The first-order valence-electron chi connectivity index (χ1n) is 3.84. The predicted octanol–water partition coefficient (Wildman–Crippen LogP) is 1.91. The van der Waals surface area contributed by atoms with Gasteiger partial charge in [0.15, 0.2) is 0 Å². The van der Waals surface area contributed by atoms with Crippen molar-refractivity contribution < 1.29 is 13.0 Å². The minimum atomic E-state index is -4.01. The lowest BCUT2D eigenvalue weighted by atomic mass is 10.2. The van der Waals surface area contributed by atoms with E-state index in [9.17, 15) is 8.42 Å². The van der Waals surface area contributed by atoms with Crippen molar-refractivity contribution in [3.63, 3.8) is 0 Å². The number of hydrogen-bond acceptors (Lipinski definition) is 3. The minimum Gasteiger partial charge on any atom is -0.369 e. The number of nitrogens with one attached hydrogen (secondary N) is 1. The largest absolute Gasteiger partial charge is 0.369 e. The maximum Gasteiger partial charge on any atom is 0.283 e. The van der Waals surface area contributed by atoms with Crippen LogP contribution in [0.25, 0.3) is 0 Å². The zero-order valence-corrected chi connectivity index (χ0v) is 9.06. The van der Waals surface area contributed by atoms with Gasteiger partial charge in [-0.25, -0.2) is 0 Å². The fraction of sp³-hybridized carbons (Fsp3) is 0.250. The van der Waals surface area contributed by atoms with E-state index in [2.05, 4.69) is 5.32 Å². The van der Waals surface area contributed by atoms with Gasteiger partial charge in [-0.2, -0.15) is 8.42 Å². The molecule has 0 amide bonds. The minimum absolute atomic E-state index is 0.520. The SMILES string of the molecule is Cc1c(Cl)cccc1NCS(=O)(=O)O. The Labute approximate surface area is 87.6 Å². The number of hydrogen-bond donors (Lipinski definition) is 2. The molecule has 0 aliphatic carbocycles. The van der Waals surface area contributed by atoms with Crippen LogP contribution in [0.15, 0.2) is 18.2 Å². The molecule has 6 heteroatoms. The summed E-state index contributed by atoms with van der Waals surface area (Å²) < 4.78 is 29.4. The number of benzene rings is 1. The standard InChI is InChI=1S/C8H10ClNO3S/c1-6-7(9)3-2-4-8(6)10-5-14(11,12)13/h2-4,10H,5H2,1H3,(H,11,12,13). The highest BCUT2D eigenvalue weighted by atomic mass is 35.5. The van der Waals surface area contributed by atoms with E-state index in [1.165, 1.54) is 0 Å². The number of rotatable bonds is 3. The third kappa shape index (κ3) is 3.17. The molecule has 0 aliphatic heterocycles. The van der Waals surface area contributed by atoms with Crippen molar-refractivity contribution in [3.8, 4) is 0 Å². The fourth-order valence-corrected chi connectivity index (χ4v) is 1.48. The van der Waals surface area contributed by atoms with Gasteiger partial charge in [-0.05, 0) is 24.6 Å². The Morgan fingerprint density at radius 2 is 2.14 bits per heavy atom. The summed E-state index contributed by atoms with van der Waals surface area (Å²) in [6, 6.07) is 5.09. The molecular weight excluding hydrogens is 226 g/mol. The zero-order valence-electron chi connectivity index (χ0n) is 7.49. The van der Waals surface area contributed by atoms with Crippen LogP contribution in [0.1, 0.15) is 5.56 Å². The molecule has 1 rings (SSSR count). The van der Waals surface area contributed by atoms with E-state index in [-0.39, 0.29) is 0 Å². The molecule has 0 aromatic heterocycles. The van der Waals surface area contributed by atoms with Crippen molar-refractivity contribution in [3.05, 3.63) is 28.8 Å². The molecule has 0 unspecified atom stereocenters. The second-order valence-electron chi connectivity index (χ2n) is 2.82. The van der Waals surface area contributed by atoms with Crippen molar-refractivity contribution in [2.75, 3.05) is 11.2 Å². The van der Waals surface area contributed by atoms with Crippen LogP contribution in [0.5, 0.6) is 0 Å². The van der Waals surface area contributed by atoms with Crippen molar-refractivity contribution in [1.29, 1.82) is 0 Å². The van der Waals surface area contributed by atoms with Crippen LogP contribution in [0, 0.1) is 6.92 Å². The van der Waals surface area contributed by atoms with Crippen LogP contribution in [0.4, 0.5) is 5.69 Å². The molecular formula is C8H10ClNO3S. The van der Waals surface area contributed by atoms with Crippen LogP contribution < -0.4 is 5.32 Å². The summed E-state index contributed by atoms with van der Waals surface area (Å²) in [6.45, 7) is 1.76. The summed E-state index contributed by atoms with van der Waals surface area (Å²) in [5.41, 5.74) is 1.34. The molecule has 0 spiro atoms. The summed E-state index contributed by atoms with van der Waals surface area (Å²) in [5.74, 6) is -0.520. The highest BCUT2D eigenvalue weighted by Gasteiger charge is 2.06. The Balaban J connectivity index is 2.83. The van der Waals surface area contributed by atoms with E-state index in [0.717, 1.165) is 5.56 Å². The first-order chi connectivity index (χ1) is 6.40. The van der Waals surface area contributed by atoms with E-state index < -0.39 is 16.0 Å². The molecule has 0 heterocycles. The first kappa shape index (κ1) is 11.3. The van der Waals surface area contributed by atoms with Gasteiger partial charge < -0.3 is 5.32 Å². The quantitative estimate of drug-likeness (QED) is 0.786. The molecule has 1 aromatic rings. The molecule has 0 fully saturated rings. The smallest absolute Gasteiger partial charge is 0.283 e. The highest BCUT2D eigenvalue weighted by molar-refractivity contribution is 7.85. The maximum absolute atomic E-state index is 10.5. The second-order valence-corrected chi connectivity index (χ2v) is 4.68. The van der Waals surface area contributed by atoms with E-state index in [1.807, 2.05) is 0 Å². The fourth-order valence-electron chi connectivity index (χ4n) is 0.968. The van der Waals surface area contributed by atoms with Gasteiger partial charge in [-0.15, -0.1) is 0 Å². The Morgan fingerprint density at radius 1 is 1.50 bits per heavy atom. The van der Waals surface area contributed by atoms with Gasteiger partial charge in [0, 0.05) is 10.7 Å². The van der Waals surface area contributed by atoms with Gasteiger partial charge in [0.1, 0.15) is 5.88 Å². The molecule has 0 bridgehead atoms. The van der Waals surface area contributed by atoms with Crippen LogP contribution in [-0.4, -0.2) is 18.8 Å². The summed E-state index contributed by atoms with van der Waals surface area (Å²) >= 11 is 5.81. The van der Waals surface area contributed by atoms with Crippen LogP contribution in [0.2, 0.25) is 5.02 Å². The van der Waals surface area contributed by atoms with Crippen molar-refractivity contribution in [2.24, 2.45) is 0 Å². The first-order valence-corrected chi connectivity index (χ1v) is 5.83. The molecule has 14 heavy (non-hydrogen) atoms. The molecule has 0 aliphatic rings. The van der Waals surface area contributed by atoms with Crippen molar-refractivity contribution >= 4 is 27.4 Å². The highest BCUT2D eigenvalue weighted by Crippen LogP contribution is 2.22. The van der Waals surface area contributed by atoms with Gasteiger partial charge in [-0.1, -0.05) is 17.7 Å². The molecule has 2 N–H and O–H groups in total. The predicted molar refractivity (Wildman–Crippen MR) is 56.2 cm³/mol.